The molecule has 2 rings (SSSR count). The number of amides is 1. The third kappa shape index (κ3) is 3.24. The molecule has 1 amide bonds. The van der Waals surface area contributed by atoms with Crippen molar-refractivity contribution in [3.05, 3.63) is 39.4 Å². The van der Waals surface area contributed by atoms with Crippen molar-refractivity contribution in [3.8, 4) is 0 Å². The van der Waals surface area contributed by atoms with Crippen molar-refractivity contribution in [1.82, 2.24) is 5.32 Å². The van der Waals surface area contributed by atoms with Crippen LogP contribution in [0.5, 0.6) is 0 Å². The van der Waals surface area contributed by atoms with E-state index in [-0.39, 0.29) is 5.25 Å². The summed E-state index contributed by atoms with van der Waals surface area (Å²) in [5, 5.41) is 13.6. The molecule has 1 aliphatic rings. The Labute approximate surface area is 117 Å². The molecule has 1 saturated heterocycles. The van der Waals surface area contributed by atoms with E-state index in [0.29, 0.717) is 18.7 Å². The van der Waals surface area contributed by atoms with Crippen molar-refractivity contribution >= 4 is 23.4 Å². The molecule has 0 spiro atoms. The quantitative estimate of drug-likeness (QED) is 0.685. The van der Waals surface area contributed by atoms with E-state index in [2.05, 4.69) is 5.32 Å². The van der Waals surface area contributed by atoms with Gasteiger partial charge in [-0.15, -0.1) is 0 Å². The lowest BCUT2D eigenvalue weighted by Crippen LogP contribution is -2.30. The Morgan fingerprint density at radius 3 is 2.75 bits per heavy atom. The van der Waals surface area contributed by atoms with E-state index in [0.717, 1.165) is 18.6 Å². The van der Waals surface area contributed by atoms with Gasteiger partial charge >= 0.3 is 0 Å². The second-order valence-electron chi connectivity index (χ2n) is 4.39. The number of nitrogens with zero attached hydrogens (tertiary/aromatic N) is 1. The van der Waals surface area contributed by atoms with Gasteiger partial charge in [-0.25, -0.2) is 8.78 Å². The summed E-state index contributed by atoms with van der Waals surface area (Å²) in [6, 6.07) is 0.985. The van der Waals surface area contributed by atoms with Crippen molar-refractivity contribution in [2.75, 3.05) is 12.3 Å². The average molecular weight is 302 g/mol. The van der Waals surface area contributed by atoms with Crippen LogP contribution in [0.25, 0.3) is 0 Å². The number of thioether (sulfide) groups is 1. The topological polar surface area (TPSA) is 72.2 Å². The van der Waals surface area contributed by atoms with Crippen LogP contribution in [0.4, 0.5) is 14.5 Å². The van der Waals surface area contributed by atoms with Crippen LogP contribution in [-0.2, 0) is 0 Å². The molecule has 20 heavy (non-hydrogen) atoms. The summed E-state index contributed by atoms with van der Waals surface area (Å²) in [6.07, 6.45) is 2.03. The van der Waals surface area contributed by atoms with Gasteiger partial charge in [0, 0.05) is 11.8 Å². The number of rotatable bonds is 4. The predicted octanol–water partition coefficient (Wildman–Crippen LogP) is 2.50. The number of carbonyl (C=O) groups excluding carboxylic acids is 1. The SMILES string of the molecule is O=C(NCC1CCCS1)c1cc(F)c(F)cc1[N+](=O)[O-]. The van der Waals surface area contributed by atoms with Gasteiger partial charge in [-0.1, -0.05) is 0 Å². The fraction of sp³-hybridized carbons (Fsp3) is 0.417. The Morgan fingerprint density at radius 2 is 2.15 bits per heavy atom. The Balaban J connectivity index is 2.15. The van der Waals surface area contributed by atoms with Crippen LogP contribution >= 0.6 is 11.8 Å². The number of benzene rings is 1. The number of carbonyl (C=O) groups is 1. The van der Waals surface area contributed by atoms with Gasteiger partial charge in [-0.05, 0) is 24.7 Å². The normalized spacial score (nSPS) is 18.0. The summed E-state index contributed by atoms with van der Waals surface area (Å²) in [4.78, 5) is 21.8. The zero-order valence-electron chi connectivity index (χ0n) is 10.4. The molecule has 0 aromatic heterocycles. The van der Waals surface area contributed by atoms with Crippen LogP contribution in [0.3, 0.4) is 0 Å². The van der Waals surface area contributed by atoms with Gasteiger partial charge in [0.15, 0.2) is 11.6 Å². The molecule has 5 nitrogen and oxygen atoms in total. The highest BCUT2D eigenvalue weighted by Crippen LogP contribution is 2.26. The van der Waals surface area contributed by atoms with Crippen molar-refractivity contribution in [2.24, 2.45) is 0 Å². The van der Waals surface area contributed by atoms with E-state index < -0.39 is 33.7 Å². The number of halogens is 2. The third-order valence-electron chi connectivity index (χ3n) is 2.99. The van der Waals surface area contributed by atoms with E-state index in [4.69, 9.17) is 0 Å². The molecule has 1 aromatic rings. The van der Waals surface area contributed by atoms with E-state index in [9.17, 15) is 23.7 Å². The molecular formula is C12H12F2N2O3S. The highest BCUT2D eigenvalue weighted by atomic mass is 32.2. The molecule has 108 valence electrons. The minimum Gasteiger partial charge on any atom is -0.351 e. The second kappa shape index (κ2) is 6.17. The monoisotopic (exact) mass is 302 g/mol. The zero-order valence-corrected chi connectivity index (χ0v) is 11.2. The fourth-order valence-electron chi connectivity index (χ4n) is 1.98. The number of hydrogen-bond acceptors (Lipinski definition) is 4. The van der Waals surface area contributed by atoms with E-state index in [1.54, 1.807) is 11.8 Å². The van der Waals surface area contributed by atoms with Crippen LogP contribution in [0.1, 0.15) is 23.2 Å². The lowest BCUT2D eigenvalue weighted by molar-refractivity contribution is -0.385. The summed E-state index contributed by atoms with van der Waals surface area (Å²) in [7, 11) is 0. The molecule has 8 heteroatoms. The van der Waals surface area contributed by atoms with E-state index in [1.165, 1.54) is 0 Å². The molecule has 0 radical (unpaired) electrons. The molecule has 1 atom stereocenters. The molecule has 1 N–H and O–H groups in total. The van der Waals surface area contributed by atoms with Crippen molar-refractivity contribution < 1.29 is 18.5 Å². The Bertz CT molecular complexity index is 548. The maximum atomic E-state index is 13.1. The fourth-order valence-corrected chi connectivity index (χ4v) is 3.18. The number of nitrogens with one attached hydrogen (secondary N) is 1. The molecule has 1 aromatic carbocycles. The van der Waals surface area contributed by atoms with Gasteiger partial charge in [0.2, 0.25) is 0 Å². The first-order valence-electron chi connectivity index (χ1n) is 6.02. The van der Waals surface area contributed by atoms with Crippen molar-refractivity contribution in [2.45, 2.75) is 18.1 Å². The lowest BCUT2D eigenvalue weighted by atomic mass is 10.1. The van der Waals surface area contributed by atoms with Crippen LogP contribution in [0.2, 0.25) is 0 Å². The summed E-state index contributed by atoms with van der Waals surface area (Å²) >= 11 is 1.71. The summed E-state index contributed by atoms with van der Waals surface area (Å²) in [6.45, 7) is 0.361. The third-order valence-corrected chi connectivity index (χ3v) is 4.39. The molecule has 0 saturated carbocycles. The van der Waals surface area contributed by atoms with Gasteiger partial charge in [-0.3, -0.25) is 14.9 Å². The smallest absolute Gasteiger partial charge is 0.285 e. The van der Waals surface area contributed by atoms with Gasteiger partial charge < -0.3 is 5.32 Å². The molecule has 1 fully saturated rings. The first kappa shape index (κ1) is 14.7. The number of nitro groups is 1. The van der Waals surface area contributed by atoms with Crippen LogP contribution in [0.15, 0.2) is 12.1 Å². The molecular weight excluding hydrogens is 290 g/mol. The van der Waals surface area contributed by atoms with Crippen LogP contribution < -0.4 is 5.32 Å². The average Bonchev–Trinajstić information content (AvgIpc) is 2.91. The Hall–Kier alpha value is -1.70. The standard InChI is InChI=1S/C12H12F2N2O3S/c13-9-4-8(11(16(18)19)5-10(9)14)12(17)15-6-7-2-1-3-20-7/h4-5,7H,1-3,6H2,(H,15,17). The summed E-state index contributed by atoms with van der Waals surface area (Å²) < 4.78 is 26.1. The zero-order chi connectivity index (χ0) is 14.7. The van der Waals surface area contributed by atoms with Crippen molar-refractivity contribution in [3.63, 3.8) is 0 Å². The largest absolute Gasteiger partial charge is 0.351 e. The highest BCUT2D eigenvalue weighted by Gasteiger charge is 2.25. The number of nitro benzene ring substituents is 1. The van der Waals surface area contributed by atoms with Gasteiger partial charge in [0.05, 0.1) is 11.0 Å². The molecule has 1 heterocycles. The first-order chi connectivity index (χ1) is 9.49. The minimum absolute atomic E-state index is 0.267. The lowest BCUT2D eigenvalue weighted by Gasteiger charge is -2.10. The van der Waals surface area contributed by atoms with Gasteiger partial charge in [0.1, 0.15) is 5.56 Å². The van der Waals surface area contributed by atoms with Crippen molar-refractivity contribution in [1.29, 1.82) is 0 Å². The van der Waals surface area contributed by atoms with Gasteiger partial charge in [-0.2, -0.15) is 11.8 Å². The first-order valence-corrected chi connectivity index (χ1v) is 7.07. The summed E-state index contributed by atoms with van der Waals surface area (Å²) in [5.41, 5.74) is -1.20. The maximum absolute atomic E-state index is 13.1. The highest BCUT2D eigenvalue weighted by molar-refractivity contribution is 8.00. The molecule has 1 aliphatic heterocycles. The number of hydrogen-bond donors (Lipinski definition) is 1. The molecule has 1 unspecified atom stereocenters. The van der Waals surface area contributed by atoms with E-state index in [1.807, 2.05) is 0 Å². The van der Waals surface area contributed by atoms with Gasteiger partial charge in [0.25, 0.3) is 11.6 Å². The molecule has 0 bridgehead atoms. The second-order valence-corrected chi connectivity index (χ2v) is 5.79. The maximum Gasteiger partial charge on any atom is 0.285 e. The Morgan fingerprint density at radius 1 is 1.45 bits per heavy atom. The van der Waals surface area contributed by atoms with Crippen LogP contribution in [-0.4, -0.2) is 28.4 Å². The Kier molecular flexibility index (Phi) is 4.53. The minimum atomic E-state index is -1.35. The summed E-state index contributed by atoms with van der Waals surface area (Å²) in [5.74, 6) is -2.37. The van der Waals surface area contributed by atoms with Crippen LogP contribution in [0, 0.1) is 21.7 Å². The predicted molar refractivity (Wildman–Crippen MR) is 70.8 cm³/mol. The molecule has 0 aliphatic carbocycles. The van der Waals surface area contributed by atoms with E-state index >= 15 is 0 Å².